The van der Waals surface area contributed by atoms with E-state index in [4.69, 9.17) is 4.42 Å². The van der Waals surface area contributed by atoms with E-state index in [0.717, 1.165) is 12.2 Å². The van der Waals surface area contributed by atoms with Gasteiger partial charge < -0.3 is 15.1 Å². The minimum absolute atomic E-state index is 0.0873. The number of nitrogens with one attached hydrogen (secondary N) is 2. The van der Waals surface area contributed by atoms with E-state index in [1.165, 1.54) is 0 Å². The molecular formula is C12H20N2O2. The van der Waals surface area contributed by atoms with Crippen molar-refractivity contribution in [3.63, 3.8) is 0 Å². The standard InChI is InChI=1S/C12H20N2O2/c1-3-10(11-6-5-9-16-11)14-8-7-12(15)13-4-2/h5-6,9-10,14H,3-4,7-8H2,1-2H3,(H,13,15). The third kappa shape index (κ3) is 4.06. The molecule has 1 unspecified atom stereocenters. The average Bonchev–Trinajstić information content (AvgIpc) is 2.78. The lowest BCUT2D eigenvalue weighted by Crippen LogP contribution is -2.29. The monoisotopic (exact) mass is 224 g/mol. The van der Waals surface area contributed by atoms with Gasteiger partial charge in [0.15, 0.2) is 0 Å². The van der Waals surface area contributed by atoms with Crippen LogP contribution in [0, 0.1) is 0 Å². The molecule has 16 heavy (non-hydrogen) atoms. The summed E-state index contributed by atoms with van der Waals surface area (Å²) in [4.78, 5) is 11.2. The number of hydrogen-bond acceptors (Lipinski definition) is 3. The van der Waals surface area contributed by atoms with Gasteiger partial charge in [0.05, 0.1) is 12.3 Å². The van der Waals surface area contributed by atoms with Gasteiger partial charge in [0.25, 0.3) is 0 Å². The number of furan rings is 1. The van der Waals surface area contributed by atoms with Crippen molar-refractivity contribution in [1.82, 2.24) is 10.6 Å². The minimum Gasteiger partial charge on any atom is -0.468 e. The molecule has 1 rings (SSSR count). The lowest BCUT2D eigenvalue weighted by molar-refractivity contribution is -0.120. The Morgan fingerprint density at radius 1 is 1.50 bits per heavy atom. The minimum atomic E-state index is 0.0873. The Morgan fingerprint density at radius 3 is 2.88 bits per heavy atom. The quantitative estimate of drug-likeness (QED) is 0.743. The van der Waals surface area contributed by atoms with Crippen LogP contribution in [0.5, 0.6) is 0 Å². The van der Waals surface area contributed by atoms with Gasteiger partial charge in [-0.25, -0.2) is 0 Å². The zero-order valence-electron chi connectivity index (χ0n) is 9.95. The van der Waals surface area contributed by atoms with Crippen LogP contribution in [0.1, 0.15) is 38.5 Å². The molecular weight excluding hydrogens is 204 g/mol. The van der Waals surface area contributed by atoms with E-state index >= 15 is 0 Å². The fourth-order valence-corrected chi connectivity index (χ4v) is 1.58. The van der Waals surface area contributed by atoms with E-state index in [0.29, 0.717) is 19.5 Å². The summed E-state index contributed by atoms with van der Waals surface area (Å²) < 4.78 is 5.33. The zero-order valence-corrected chi connectivity index (χ0v) is 9.95. The van der Waals surface area contributed by atoms with Gasteiger partial charge in [-0.15, -0.1) is 0 Å². The number of hydrogen-bond donors (Lipinski definition) is 2. The fraction of sp³-hybridized carbons (Fsp3) is 0.583. The molecule has 0 aliphatic heterocycles. The van der Waals surface area contributed by atoms with E-state index < -0.39 is 0 Å². The molecule has 1 heterocycles. The SMILES string of the molecule is CCNC(=O)CCNC(CC)c1ccco1. The molecule has 0 aliphatic carbocycles. The summed E-state index contributed by atoms with van der Waals surface area (Å²) in [6, 6.07) is 4.03. The Balaban J connectivity index is 2.27. The Labute approximate surface area is 96.4 Å². The molecule has 1 aromatic rings. The summed E-state index contributed by atoms with van der Waals surface area (Å²) in [7, 11) is 0. The van der Waals surface area contributed by atoms with E-state index in [1.807, 2.05) is 19.1 Å². The first-order chi connectivity index (χ1) is 7.77. The van der Waals surface area contributed by atoms with E-state index in [2.05, 4.69) is 17.6 Å². The number of amides is 1. The van der Waals surface area contributed by atoms with Crippen molar-refractivity contribution in [2.24, 2.45) is 0 Å². The van der Waals surface area contributed by atoms with Gasteiger partial charge in [0.1, 0.15) is 5.76 Å². The molecule has 0 aromatic carbocycles. The Kier molecular flexibility index (Phi) is 5.64. The summed E-state index contributed by atoms with van der Waals surface area (Å²) in [5.74, 6) is 1.02. The van der Waals surface area contributed by atoms with Crippen LogP contribution >= 0.6 is 0 Å². The van der Waals surface area contributed by atoms with Crippen molar-refractivity contribution in [2.45, 2.75) is 32.7 Å². The van der Waals surface area contributed by atoms with Gasteiger partial charge in [0, 0.05) is 19.5 Å². The number of carbonyl (C=O) groups is 1. The third-order valence-electron chi connectivity index (χ3n) is 2.41. The fourth-order valence-electron chi connectivity index (χ4n) is 1.58. The highest BCUT2D eigenvalue weighted by atomic mass is 16.3. The van der Waals surface area contributed by atoms with Gasteiger partial charge >= 0.3 is 0 Å². The molecule has 1 atom stereocenters. The predicted molar refractivity (Wildman–Crippen MR) is 63.0 cm³/mol. The molecule has 0 radical (unpaired) electrons. The summed E-state index contributed by atoms with van der Waals surface area (Å²) in [5, 5.41) is 6.08. The molecule has 1 aromatic heterocycles. The topological polar surface area (TPSA) is 54.3 Å². The summed E-state index contributed by atoms with van der Waals surface area (Å²) in [5.41, 5.74) is 0. The van der Waals surface area contributed by atoms with Crippen LogP contribution in [0.4, 0.5) is 0 Å². The van der Waals surface area contributed by atoms with Crippen LogP contribution in [0.15, 0.2) is 22.8 Å². The molecule has 90 valence electrons. The van der Waals surface area contributed by atoms with Crippen LogP contribution in [0.2, 0.25) is 0 Å². The van der Waals surface area contributed by atoms with Crippen molar-refractivity contribution >= 4 is 5.91 Å². The van der Waals surface area contributed by atoms with Crippen LogP contribution in [0.3, 0.4) is 0 Å². The highest BCUT2D eigenvalue weighted by Crippen LogP contribution is 2.16. The second-order valence-electron chi connectivity index (χ2n) is 3.63. The van der Waals surface area contributed by atoms with Gasteiger partial charge in [-0.1, -0.05) is 6.92 Å². The van der Waals surface area contributed by atoms with Crippen molar-refractivity contribution in [1.29, 1.82) is 0 Å². The summed E-state index contributed by atoms with van der Waals surface area (Å²) in [6.07, 6.45) is 3.12. The Bertz CT molecular complexity index is 296. The molecule has 0 saturated heterocycles. The molecule has 0 saturated carbocycles. The summed E-state index contributed by atoms with van der Waals surface area (Å²) in [6.45, 7) is 5.37. The van der Waals surface area contributed by atoms with Crippen LogP contribution in [0.25, 0.3) is 0 Å². The first-order valence-corrected chi connectivity index (χ1v) is 5.81. The molecule has 0 aliphatic rings. The van der Waals surface area contributed by atoms with Gasteiger partial charge in [-0.2, -0.15) is 0 Å². The number of carbonyl (C=O) groups excluding carboxylic acids is 1. The lowest BCUT2D eigenvalue weighted by atomic mass is 10.1. The third-order valence-corrected chi connectivity index (χ3v) is 2.41. The Hall–Kier alpha value is -1.29. The van der Waals surface area contributed by atoms with Crippen LogP contribution in [-0.2, 0) is 4.79 Å². The molecule has 4 heteroatoms. The maximum Gasteiger partial charge on any atom is 0.221 e. The Morgan fingerprint density at radius 2 is 2.31 bits per heavy atom. The lowest BCUT2D eigenvalue weighted by Gasteiger charge is -2.14. The normalized spacial score (nSPS) is 12.4. The van der Waals surface area contributed by atoms with E-state index in [1.54, 1.807) is 6.26 Å². The summed E-state index contributed by atoms with van der Waals surface area (Å²) >= 11 is 0. The molecule has 0 bridgehead atoms. The maximum absolute atomic E-state index is 11.2. The van der Waals surface area contributed by atoms with E-state index in [-0.39, 0.29) is 11.9 Å². The highest BCUT2D eigenvalue weighted by molar-refractivity contribution is 5.75. The van der Waals surface area contributed by atoms with Crippen molar-refractivity contribution in [3.05, 3.63) is 24.2 Å². The first-order valence-electron chi connectivity index (χ1n) is 5.81. The second kappa shape index (κ2) is 7.06. The smallest absolute Gasteiger partial charge is 0.221 e. The van der Waals surface area contributed by atoms with Crippen molar-refractivity contribution < 1.29 is 9.21 Å². The molecule has 4 nitrogen and oxygen atoms in total. The molecule has 1 amide bonds. The van der Waals surface area contributed by atoms with Gasteiger partial charge in [0.2, 0.25) is 5.91 Å². The second-order valence-corrected chi connectivity index (χ2v) is 3.63. The average molecular weight is 224 g/mol. The van der Waals surface area contributed by atoms with Crippen LogP contribution < -0.4 is 10.6 Å². The van der Waals surface area contributed by atoms with Crippen LogP contribution in [-0.4, -0.2) is 19.0 Å². The highest BCUT2D eigenvalue weighted by Gasteiger charge is 2.11. The number of rotatable bonds is 7. The molecule has 0 spiro atoms. The van der Waals surface area contributed by atoms with Gasteiger partial charge in [-0.3, -0.25) is 4.79 Å². The first kappa shape index (κ1) is 12.8. The molecule has 2 N–H and O–H groups in total. The zero-order chi connectivity index (χ0) is 11.8. The predicted octanol–water partition coefficient (Wildman–Crippen LogP) is 1.85. The van der Waals surface area contributed by atoms with E-state index in [9.17, 15) is 4.79 Å². The van der Waals surface area contributed by atoms with Crippen molar-refractivity contribution in [2.75, 3.05) is 13.1 Å². The maximum atomic E-state index is 11.2. The molecule has 0 fully saturated rings. The largest absolute Gasteiger partial charge is 0.468 e. The van der Waals surface area contributed by atoms with Crippen molar-refractivity contribution in [3.8, 4) is 0 Å². The van der Waals surface area contributed by atoms with Gasteiger partial charge in [-0.05, 0) is 25.5 Å².